The average Bonchev–Trinajstić information content (AvgIpc) is 2.30. The van der Waals surface area contributed by atoms with E-state index in [1.165, 1.54) is 5.56 Å². The summed E-state index contributed by atoms with van der Waals surface area (Å²) < 4.78 is 0. The molecule has 2 nitrogen and oxygen atoms in total. The second kappa shape index (κ2) is 4.79. The van der Waals surface area contributed by atoms with E-state index in [2.05, 4.69) is 12.1 Å². The van der Waals surface area contributed by atoms with E-state index in [0.717, 1.165) is 31.2 Å². The van der Waals surface area contributed by atoms with Gasteiger partial charge in [-0.2, -0.15) is 0 Å². The van der Waals surface area contributed by atoms with Crippen molar-refractivity contribution in [3.8, 4) is 0 Å². The molecule has 1 aliphatic rings. The molecule has 1 fully saturated rings. The van der Waals surface area contributed by atoms with Gasteiger partial charge in [0.1, 0.15) is 0 Å². The minimum Gasteiger partial charge on any atom is -0.393 e. The zero-order valence-corrected chi connectivity index (χ0v) is 9.65. The fraction of sp³-hybridized carbons (Fsp3) is 0.500. The van der Waals surface area contributed by atoms with Crippen LogP contribution in [0.1, 0.15) is 54.4 Å². The van der Waals surface area contributed by atoms with Crippen molar-refractivity contribution in [3.05, 3.63) is 35.4 Å². The van der Waals surface area contributed by atoms with Crippen LogP contribution in [0, 0.1) is 0 Å². The van der Waals surface area contributed by atoms with Gasteiger partial charge in [-0.05, 0) is 44.1 Å². The number of ketones is 1. The molecule has 2 rings (SSSR count). The maximum Gasteiger partial charge on any atom is 0.159 e. The third kappa shape index (κ3) is 2.50. The van der Waals surface area contributed by atoms with E-state index in [4.69, 9.17) is 0 Å². The van der Waals surface area contributed by atoms with Crippen LogP contribution in [0.25, 0.3) is 0 Å². The zero-order chi connectivity index (χ0) is 11.5. The Morgan fingerprint density at radius 1 is 1.12 bits per heavy atom. The van der Waals surface area contributed by atoms with Gasteiger partial charge in [0.25, 0.3) is 0 Å². The van der Waals surface area contributed by atoms with Gasteiger partial charge < -0.3 is 5.11 Å². The van der Waals surface area contributed by atoms with Crippen LogP contribution in [0.4, 0.5) is 0 Å². The van der Waals surface area contributed by atoms with Crippen LogP contribution in [0.3, 0.4) is 0 Å². The first-order chi connectivity index (χ1) is 7.66. The number of benzene rings is 1. The molecule has 1 saturated carbocycles. The molecule has 1 aromatic rings. The summed E-state index contributed by atoms with van der Waals surface area (Å²) in [6.07, 6.45) is 3.81. The van der Waals surface area contributed by atoms with E-state index in [-0.39, 0.29) is 11.9 Å². The second-order valence-corrected chi connectivity index (χ2v) is 4.68. The van der Waals surface area contributed by atoms with E-state index >= 15 is 0 Å². The van der Waals surface area contributed by atoms with Gasteiger partial charge in [-0.3, -0.25) is 4.79 Å². The molecule has 1 aromatic carbocycles. The van der Waals surface area contributed by atoms with Crippen LogP contribution in [0.2, 0.25) is 0 Å². The molecular weight excluding hydrogens is 200 g/mol. The van der Waals surface area contributed by atoms with Crippen molar-refractivity contribution in [2.75, 3.05) is 0 Å². The molecule has 0 heterocycles. The van der Waals surface area contributed by atoms with Gasteiger partial charge in [0.15, 0.2) is 5.78 Å². The number of hydrogen-bond donors (Lipinski definition) is 1. The molecule has 0 unspecified atom stereocenters. The molecule has 1 aliphatic carbocycles. The predicted octanol–water partition coefficient (Wildman–Crippen LogP) is 2.91. The Bertz CT molecular complexity index is 359. The molecule has 0 spiro atoms. The topological polar surface area (TPSA) is 37.3 Å². The normalized spacial score (nSPS) is 25.4. The summed E-state index contributed by atoms with van der Waals surface area (Å²) in [5, 5.41) is 9.45. The molecule has 1 N–H and O–H groups in total. The van der Waals surface area contributed by atoms with Crippen LogP contribution in [0.15, 0.2) is 24.3 Å². The molecule has 0 radical (unpaired) electrons. The molecule has 0 aliphatic heterocycles. The second-order valence-electron chi connectivity index (χ2n) is 4.68. The highest BCUT2D eigenvalue weighted by molar-refractivity contribution is 5.94. The van der Waals surface area contributed by atoms with Crippen molar-refractivity contribution in [1.29, 1.82) is 0 Å². The van der Waals surface area contributed by atoms with Gasteiger partial charge in [-0.1, -0.05) is 24.3 Å². The van der Waals surface area contributed by atoms with E-state index < -0.39 is 0 Å². The number of rotatable bonds is 2. The van der Waals surface area contributed by atoms with E-state index in [0.29, 0.717) is 5.92 Å². The molecule has 0 saturated heterocycles. The van der Waals surface area contributed by atoms with Gasteiger partial charge in [0.05, 0.1) is 6.10 Å². The largest absolute Gasteiger partial charge is 0.393 e. The Hall–Kier alpha value is -1.15. The highest BCUT2D eigenvalue weighted by atomic mass is 16.3. The van der Waals surface area contributed by atoms with Crippen molar-refractivity contribution in [1.82, 2.24) is 0 Å². The molecule has 86 valence electrons. The van der Waals surface area contributed by atoms with Crippen LogP contribution < -0.4 is 0 Å². The van der Waals surface area contributed by atoms with Crippen LogP contribution >= 0.6 is 0 Å². The van der Waals surface area contributed by atoms with Crippen molar-refractivity contribution in [3.63, 3.8) is 0 Å². The monoisotopic (exact) mass is 218 g/mol. The predicted molar refractivity (Wildman–Crippen MR) is 63.7 cm³/mol. The van der Waals surface area contributed by atoms with Crippen LogP contribution in [-0.2, 0) is 0 Å². The van der Waals surface area contributed by atoms with Crippen molar-refractivity contribution in [2.24, 2.45) is 0 Å². The minimum atomic E-state index is -0.104. The third-order valence-electron chi connectivity index (χ3n) is 3.49. The number of Topliss-reactive ketones (excluding diaryl/α,β-unsaturated/α-hetero) is 1. The highest BCUT2D eigenvalue weighted by Gasteiger charge is 2.20. The summed E-state index contributed by atoms with van der Waals surface area (Å²) in [5.41, 5.74) is 2.08. The molecule has 0 aromatic heterocycles. The first kappa shape index (κ1) is 11.3. The smallest absolute Gasteiger partial charge is 0.159 e. The Morgan fingerprint density at radius 2 is 1.69 bits per heavy atom. The van der Waals surface area contributed by atoms with E-state index in [1.807, 2.05) is 12.1 Å². The minimum absolute atomic E-state index is 0.104. The quantitative estimate of drug-likeness (QED) is 0.775. The van der Waals surface area contributed by atoms with Crippen molar-refractivity contribution < 1.29 is 9.90 Å². The molecular formula is C14H18O2. The molecule has 2 heteroatoms. The standard InChI is InChI=1S/C14H18O2/c1-10(15)11-2-4-12(5-3-11)13-6-8-14(16)9-7-13/h2-5,13-14,16H,6-9H2,1H3. The summed E-state index contributed by atoms with van der Waals surface area (Å²) in [5.74, 6) is 0.676. The first-order valence-corrected chi connectivity index (χ1v) is 5.96. The summed E-state index contributed by atoms with van der Waals surface area (Å²) in [6, 6.07) is 7.92. The maximum absolute atomic E-state index is 11.1. The molecule has 0 atom stereocenters. The van der Waals surface area contributed by atoms with Crippen molar-refractivity contribution in [2.45, 2.75) is 44.6 Å². The Labute approximate surface area is 96.3 Å². The van der Waals surface area contributed by atoms with Gasteiger partial charge in [-0.25, -0.2) is 0 Å². The lowest BCUT2D eigenvalue weighted by atomic mass is 9.82. The van der Waals surface area contributed by atoms with Crippen LogP contribution in [-0.4, -0.2) is 17.0 Å². The SMILES string of the molecule is CC(=O)c1ccc(C2CCC(O)CC2)cc1. The molecule has 0 amide bonds. The van der Waals surface area contributed by atoms with E-state index in [9.17, 15) is 9.90 Å². The number of carbonyl (C=O) groups is 1. The van der Waals surface area contributed by atoms with Crippen molar-refractivity contribution >= 4 is 5.78 Å². The van der Waals surface area contributed by atoms with Gasteiger partial charge in [0, 0.05) is 5.56 Å². The van der Waals surface area contributed by atoms with E-state index in [1.54, 1.807) is 6.92 Å². The van der Waals surface area contributed by atoms with Gasteiger partial charge in [0.2, 0.25) is 0 Å². The maximum atomic E-state index is 11.1. The van der Waals surface area contributed by atoms with Crippen LogP contribution in [0.5, 0.6) is 0 Å². The summed E-state index contributed by atoms with van der Waals surface area (Å²) in [4.78, 5) is 11.1. The Balaban J connectivity index is 2.07. The molecule has 0 bridgehead atoms. The zero-order valence-electron chi connectivity index (χ0n) is 9.65. The lowest BCUT2D eigenvalue weighted by Gasteiger charge is -2.25. The lowest BCUT2D eigenvalue weighted by molar-refractivity contribution is 0.101. The fourth-order valence-electron chi connectivity index (χ4n) is 2.40. The average molecular weight is 218 g/mol. The summed E-state index contributed by atoms with van der Waals surface area (Å²) in [6.45, 7) is 1.59. The highest BCUT2D eigenvalue weighted by Crippen LogP contribution is 2.32. The fourth-order valence-corrected chi connectivity index (χ4v) is 2.40. The van der Waals surface area contributed by atoms with Gasteiger partial charge >= 0.3 is 0 Å². The Kier molecular flexibility index (Phi) is 3.39. The van der Waals surface area contributed by atoms with Gasteiger partial charge in [-0.15, -0.1) is 0 Å². The number of hydrogen-bond acceptors (Lipinski definition) is 2. The lowest BCUT2D eigenvalue weighted by Crippen LogP contribution is -2.16. The number of aliphatic hydroxyl groups is 1. The number of carbonyl (C=O) groups excluding carboxylic acids is 1. The summed E-state index contributed by atoms with van der Waals surface area (Å²) in [7, 11) is 0. The third-order valence-corrected chi connectivity index (χ3v) is 3.49. The Morgan fingerprint density at radius 3 is 2.19 bits per heavy atom. The molecule has 16 heavy (non-hydrogen) atoms. The number of aliphatic hydroxyl groups excluding tert-OH is 1. The first-order valence-electron chi connectivity index (χ1n) is 5.96. The summed E-state index contributed by atoms with van der Waals surface area (Å²) >= 11 is 0.